The number of fused-ring (bicyclic) bond motifs is 1. The van der Waals surface area contributed by atoms with Crippen LogP contribution in [-0.4, -0.2) is 21.4 Å². The highest BCUT2D eigenvalue weighted by atomic mass is 16.3. The van der Waals surface area contributed by atoms with Gasteiger partial charge in [-0.2, -0.15) is 0 Å². The number of allylic oxidation sites excluding steroid dienone is 6. The molecule has 0 radical (unpaired) electrons. The van der Waals surface area contributed by atoms with E-state index in [4.69, 9.17) is 0 Å². The predicted molar refractivity (Wildman–Crippen MR) is 52.7 cm³/mol. The van der Waals surface area contributed by atoms with Gasteiger partial charge in [-0.25, -0.2) is 0 Å². The zero-order chi connectivity index (χ0) is 10.1. The Labute approximate surface area is 81.3 Å². The molecule has 2 aliphatic carbocycles. The Hall–Kier alpha value is -1.74. The van der Waals surface area contributed by atoms with Crippen LogP contribution in [0.5, 0.6) is 0 Å². The Balaban J connectivity index is 2.56. The maximum atomic E-state index is 9.59. The standard InChI is InChI=1S/C11H10O3/c12-9-5-2-4-8-7(9)3-1-6-10(13)11(8)14/h1-6,9,12-14H. The first-order chi connectivity index (χ1) is 6.70. The minimum Gasteiger partial charge on any atom is -0.504 e. The lowest BCUT2D eigenvalue weighted by molar-refractivity contribution is 0.257. The van der Waals surface area contributed by atoms with Crippen LogP contribution < -0.4 is 0 Å². The van der Waals surface area contributed by atoms with E-state index in [1.165, 1.54) is 6.08 Å². The molecule has 0 spiro atoms. The van der Waals surface area contributed by atoms with E-state index in [2.05, 4.69) is 0 Å². The molecule has 1 atom stereocenters. The molecule has 0 saturated carbocycles. The molecule has 14 heavy (non-hydrogen) atoms. The van der Waals surface area contributed by atoms with Gasteiger partial charge in [0.15, 0.2) is 11.5 Å². The van der Waals surface area contributed by atoms with Crippen LogP contribution in [0, 0.1) is 0 Å². The molecule has 3 nitrogen and oxygen atoms in total. The second kappa shape index (κ2) is 3.20. The van der Waals surface area contributed by atoms with Crippen molar-refractivity contribution in [1.82, 2.24) is 0 Å². The quantitative estimate of drug-likeness (QED) is 0.544. The molecule has 0 heterocycles. The van der Waals surface area contributed by atoms with E-state index in [-0.39, 0.29) is 11.5 Å². The van der Waals surface area contributed by atoms with E-state index in [1.807, 2.05) is 0 Å². The number of hydrogen-bond acceptors (Lipinski definition) is 3. The van der Waals surface area contributed by atoms with Crippen LogP contribution in [-0.2, 0) is 0 Å². The van der Waals surface area contributed by atoms with Crippen molar-refractivity contribution >= 4 is 0 Å². The summed E-state index contributed by atoms with van der Waals surface area (Å²) >= 11 is 0. The fraction of sp³-hybridized carbons (Fsp3) is 0.0909. The predicted octanol–water partition coefficient (Wildman–Crippen LogP) is 1.67. The Morgan fingerprint density at radius 2 is 1.86 bits per heavy atom. The van der Waals surface area contributed by atoms with Gasteiger partial charge in [0, 0.05) is 5.57 Å². The Morgan fingerprint density at radius 3 is 2.64 bits per heavy atom. The third kappa shape index (κ3) is 1.28. The zero-order valence-electron chi connectivity index (χ0n) is 7.38. The van der Waals surface area contributed by atoms with Crippen LogP contribution in [0.3, 0.4) is 0 Å². The summed E-state index contributed by atoms with van der Waals surface area (Å²) < 4.78 is 0. The van der Waals surface area contributed by atoms with Crippen LogP contribution in [0.15, 0.2) is 59.1 Å². The number of aliphatic hydroxyl groups is 3. The highest BCUT2D eigenvalue weighted by molar-refractivity contribution is 5.55. The molecule has 0 saturated heterocycles. The lowest BCUT2D eigenvalue weighted by atomic mass is 9.94. The van der Waals surface area contributed by atoms with Gasteiger partial charge in [0.05, 0.1) is 6.10 Å². The van der Waals surface area contributed by atoms with Gasteiger partial charge < -0.3 is 15.3 Å². The lowest BCUT2D eigenvalue weighted by Gasteiger charge is -2.16. The first-order valence-corrected chi connectivity index (χ1v) is 4.28. The molecule has 3 heteroatoms. The van der Waals surface area contributed by atoms with Crippen LogP contribution in [0.4, 0.5) is 0 Å². The lowest BCUT2D eigenvalue weighted by Crippen LogP contribution is -2.13. The monoisotopic (exact) mass is 190 g/mol. The van der Waals surface area contributed by atoms with Gasteiger partial charge in [0.25, 0.3) is 0 Å². The summed E-state index contributed by atoms with van der Waals surface area (Å²) in [6.45, 7) is 0. The molecule has 0 aromatic carbocycles. The van der Waals surface area contributed by atoms with Crippen LogP contribution in [0.1, 0.15) is 0 Å². The Bertz CT molecular complexity index is 408. The Kier molecular flexibility index (Phi) is 2.02. The van der Waals surface area contributed by atoms with Crippen molar-refractivity contribution in [1.29, 1.82) is 0 Å². The van der Waals surface area contributed by atoms with Crippen molar-refractivity contribution in [3.63, 3.8) is 0 Å². The van der Waals surface area contributed by atoms with E-state index in [1.54, 1.807) is 30.4 Å². The van der Waals surface area contributed by atoms with Crippen molar-refractivity contribution in [2.24, 2.45) is 0 Å². The molecule has 0 aromatic heterocycles. The highest BCUT2D eigenvalue weighted by Gasteiger charge is 2.21. The van der Waals surface area contributed by atoms with Gasteiger partial charge in [-0.15, -0.1) is 0 Å². The topological polar surface area (TPSA) is 60.7 Å². The van der Waals surface area contributed by atoms with E-state index in [0.717, 1.165) is 0 Å². The van der Waals surface area contributed by atoms with Gasteiger partial charge in [-0.05, 0) is 11.6 Å². The minimum absolute atomic E-state index is 0.190. The molecule has 0 aliphatic heterocycles. The van der Waals surface area contributed by atoms with Gasteiger partial charge in [0.2, 0.25) is 0 Å². The van der Waals surface area contributed by atoms with Crippen molar-refractivity contribution in [3.8, 4) is 0 Å². The molecule has 0 fully saturated rings. The third-order valence-electron chi connectivity index (χ3n) is 2.21. The summed E-state index contributed by atoms with van der Waals surface area (Å²) in [5, 5.41) is 28.5. The molecular weight excluding hydrogens is 180 g/mol. The minimum atomic E-state index is -0.729. The second-order valence-electron chi connectivity index (χ2n) is 3.13. The van der Waals surface area contributed by atoms with Crippen LogP contribution >= 0.6 is 0 Å². The first-order valence-electron chi connectivity index (χ1n) is 4.28. The maximum absolute atomic E-state index is 9.59. The fourth-order valence-electron chi connectivity index (χ4n) is 1.48. The molecule has 1 unspecified atom stereocenters. The molecule has 72 valence electrons. The molecular formula is C11H10O3. The van der Waals surface area contributed by atoms with Crippen molar-refractivity contribution < 1.29 is 15.3 Å². The molecule has 0 aromatic rings. The highest BCUT2D eigenvalue weighted by Crippen LogP contribution is 2.28. The van der Waals surface area contributed by atoms with E-state index in [9.17, 15) is 15.3 Å². The van der Waals surface area contributed by atoms with E-state index >= 15 is 0 Å². The summed E-state index contributed by atoms with van der Waals surface area (Å²) in [7, 11) is 0. The van der Waals surface area contributed by atoms with Crippen LogP contribution in [0.25, 0.3) is 0 Å². The first kappa shape index (κ1) is 8.84. The van der Waals surface area contributed by atoms with Crippen molar-refractivity contribution in [3.05, 3.63) is 59.1 Å². The Morgan fingerprint density at radius 1 is 1.07 bits per heavy atom. The number of aliphatic hydroxyl groups excluding tert-OH is 3. The van der Waals surface area contributed by atoms with E-state index in [0.29, 0.717) is 11.1 Å². The van der Waals surface area contributed by atoms with Gasteiger partial charge in [0.1, 0.15) is 0 Å². The van der Waals surface area contributed by atoms with Gasteiger partial charge >= 0.3 is 0 Å². The average Bonchev–Trinajstić information content (AvgIpc) is 2.31. The molecule has 0 amide bonds. The summed E-state index contributed by atoms with van der Waals surface area (Å²) in [4.78, 5) is 0. The molecule has 3 N–H and O–H groups in total. The molecule has 2 rings (SSSR count). The van der Waals surface area contributed by atoms with Gasteiger partial charge in [-0.3, -0.25) is 0 Å². The number of rotatable bonds is 0. The maximum Gasteiger partial charge on any atom is 0.165 e. The van der Waals surface area contributed by atoms with Crippen LogP contribution in [0.2, 0.25) is 0 Å². The third-order valence-corrected chi connectivity index (χ3v) is 2.21. The average molecular weight is 190 g/mol. The second-order valence-corrected chi connectivity index (χ2v) is 3.13. The SMILES string of the molecule is OC1=C(O)C2=CC=CC(O)C2=CC=C1. The summed E-state index contributed by atoms with van der Waals surface area (Å²) in [6.07, 6.45) is 8.81. The largest absolute Gasteiger partial charge is 0.504 e. The molecule has 0 bridgehead atoms. The van der Waals surface area contributed by atoms with Crippen molar-refractivity contribution in [2.45, 2.75) is 6.10 Å². The normalized spacial score (nSPS) is 25.4. The fourth-order valence-corrected chi connectivity index (χ4v) is 1.48. The summed E-state index contributed by atoms with van der Waals surface area (Å²) in [5.74, 6) is -0.390. The van der Waals surface area contributed by atoms with Gasteiger partial charge in [-0.1, -0.05) is 30.4 Å². The smallest absolute Gasteiger partial charge is 0.165 e. The number of hydrogen-bond donors (Lipinski definition) is 3. The molecule has 2 aliphatic rings. The van der Waals surface area contributed by atoms with E-state index < -0.39 is 6.10 Å². The summed E-state index contributed by atoms with van der Waals surface area (Å²) in [5.41, 5.74) is 1.05. The zero-order valence-corrected chi connectivity index (χ0v) is 7.38. The summed E-state index contributed by atoms with van der Waals surface area (Å²) in [6, 6.07) is 0. The van der Waals surface area contributed by atoms with Crippen molar-refractivity contribution in [2.75, 3.05) is 0 Å².